The first-order valence-electron chi connectivity index (χ1n) is 12.8. The molecular formula is C35H25Cl5Nb2O10. The molecule has 0 aliphatic rings. The average Bonchev–Trinajstić information content (AvgIpc) is 3.08. The van der Waals surface area contributed by atoms with Crippen molar-refractivity contribution in [3.05, 3.63) is 179 Å². The molecule has 0 amide bonds. The van der Waals surface area contributed by atoms with Crippen molar-refractivity contribution in [2.45, 2.75) is 0 Å². The van der Waals surface area contributed by atoms with Gasteiger partial charge in [0.1, 0.15) is 0 Å². The number of aromatic carboxylic acids is 5. The van der Waals surface area contributed by atoms with E-state index in [0.29, 0.717) is 0 Å². The largest absolute Gasteiger partial charge is 5.00 e. The molecule has 0 radical (unpaired) electrons. The van der Waals surface area contributed by atoms with Gasteiger partial charge in [0.25, 0.3) is 0 Å². The Balaban J connectivity index is -0.0000000942. The number of hydrogen-bond acceptors (Lipinski definition) is 10. The van der Waals surface area contributed by atoms with Gasteiger partial charge in [-0.2, -0.15) is 0 Å². The normalized spacial score (nSPS) is 7.69. The van der Waals surface area contributed by atoms with Crippen LogP contribution in [0.5, 0.6) is 0 Å². The van der Waals surface area contributed by atoms with Crippen LogP contribution in [-0.4, -0.2) is 29.8 Å². The van der Waals surface area contributed by atoms with E-state index in [1.54, 1.807) is 91.0 Å². The predicted octanol–water partition coefficient (Wildman–Crippen LogP) is -14.7. The zero-order chi connectivity index (χ0) is 33.5. The molecule has 0 aliphatic carbocycles. The number of rotatable bonds is 5. The van der Waals surface area contributed by atoms with Gasteiger partial charge in [-0.3, -0.25) is 0 Å². The zero-order valence-electron chi connectivity index (χ0n) is 26.3. The van der Waals surface area contributed by atoms with Crippen LogP contribution in [0.3, 0.4) is 0 Å². The average molecular weight is 969 g/mol. The van der Waals surface area contributed by atoms with Crippen molar-refractivity contribution in [1.29, 1.82) is 0 Å². The number of carbonyl (C=O) groups is 5. The van der Waals surface area contributed by atoms with Crippen molar-refractivity contribution in [1.82, 2.24) is 0 Å². The van der Waals surface area contributed by atoms with E-state index >= 15 is 0 Å². The van der Waals surface area contributed by atoms with Gasteiger partial charge in [-0.1, -0.05) is 152 Å². The van der Waals surface area contributed by atoms with E-state index in [4.69, 9.17) is 0 Å². The van der Waals surface area contributed by atoms with Crippen molar-refractivity contribution in [2.75, 3.05) is 0 Å². The molecule has 270 valence electrons. The van der Waals surface area contributed by atoms with Gasteiger partial charge in [0, 0.05) is 0 Å². The number of carboxylic acids is 5. The van der Waals surface area contributed by atoms with Crippen LogP contribution in [0.15, 0.2) is 152 Å². The SMILES string of the molecule is O=C([O-])c1ccccc1.O=C([O-])c1ccccc1.O=C([O-])c1ccccc1.O=C([O-])c1ccccc1.O=C([O-])c1ccccc1.[Cl-].[Cl-].[Cl-].[Cl-].[Cl-].[Nb+5].[Nb+5]. The van der Waals surface area contributed by atoms with Gasteiger partial charge in [-0.15, -0.1) is 0 Å². The number of halogens is 5. The first-order chi connectivity index (χ1) is 21.5. The fourth-order valence-electron chi connectivity index (χ4n) is 2.87. The molecule has 0 saturated heterocycles. The standard InChI is InChI=1S/5C7H6O2.5ClH.2Nb/c5*8-7(9)6-4-2-1-3-5-6;;;;;;;/h5*1-5H,(H,8,9);5*1H;;/q;;;;;;;;;;2*+5/p-10. The van der Waals surface area contributed by atoms with Gasteiger partial charge in [0.15, 0.2) is 0 Å². The van der Waals surface area contributed by atoms with Crippen molar-refractivity contribution in [3.8, 4) is 0 Å². The summed E-state index contributed by atoms with van der Waals surface area (Å²) >= 11 is 0. The number of carbonyl (C=O) groups excluding carboxylic acids is 5. The molecule has 0 N–H and O–H groups in total. The molecule has 0 aromatic heterocycles. The molecule has 0 saturated carbocycles. The number of benzene rings is 5. The molecule has 52 heavy (non-hydrogen) atoms. The smallest absolute Gasteiger partial charge is 1.00 e. The van der Waals surface area contributed by atoms with Crippen molar-refractivity contribution >= 4 is 29.8 Å². The molecule has 5 aromatic rings. The molecule has 5 rings (SSSR count). The van der Waals surface area contributed by atoms with Gasteiger partial charge in [-0.05, 0) is 27.8 Å². The fraction of sp³-hybridized carbons (Fsp3) is 0. The monoisotopic (exact) mass is 966 g/mol. The first-order valence-corrected chi connectivity index (χ1v) is 12.8. The van der Waals surface area contributed by atoms with Crippen LogP contribution in [0.25, 0.3) is 0 Å². The van der Waals surface area contributed by atoms with Crippen LogP contribution >= 0.6 is 0 Å². The minimum atomic E-state index is -1.13. The molecule has 10 nitrogen and oxygen atoms in total. The summed E-state index contributed by atoms with van der Waals surface area (Å²) in [7, 11) is 0. The molecule has 17 heteroatoms. The quantitative estimate of drug-likeness (QED) is 0.153. The third-order valence-electron chi connectivity index (χ3n) is 5.05. The Morgan fingerprint density at radius 1 is 0.250 bits per heavy atom. The molecule has 0 spiro atoms. The first kappa shape index (κ1) is 63.4. The van der Waals surface area contributed by atoms with E-state index in [2.05, 4.69) is 0 Å². The topological polar surface area (TPSA) is 201 Å². The third-order valence-corrected chi connectivity index (χ3v) is 5.05. The summed E-state index contributed by atoms with van der Waals surface area (Å²) in [6, 6.07) is 40.3. The maximum Gasteiger partial charge on any atom is 5.00 e. The van der Waals surface area contributed by atoms with Crippen molar-refractivity contribution in [3.63, 3.8) is 0 Å². The predicted molar refractivity (Wildman–Crippen MR) is 154 cm³/mol. The van der Waals surface area contributed by atoms with Crippen LogP contribution in [-0.2, 0) is 44.8 Å². The van der Waals surface area contributed by atoms with Gasteiger partial charge in [0.05, 0.1) is 29.8 Å². The van der Waals surface area contributed by atoms with Crippen LogP contribution in [0.2, 0.25) is 0 Å². The fourth-order valence-corrected chi connectivity index (χ4v) is 2.87. The van der Waals surface area contributed by atoms with Gasteiger partial charge in [-0.25, -0.2) is 0 Å². The van der Waals surface area contributed by atoms with E-state index in [1.165, 1.54) is 60.7 Å². The summed E-state index contributed by atoms with van der Waals surface area (Å²) in [5.74, 6) is -5.65. The van der Waals surface area contributed by atoms with E-state index in [0.717, 1.165) is 0 Å². The summed E-state index contributed by atoms with van der Waals surface area (Å²) in [6.07, 6.45) is 0. The Morgan fingerprint density at radius 3 is 0.404 bits per heavy atom. The second kappa shape index (κ2) is 38.6. The maximum atomic E-state index is 10.1. The Hall–Kier alpha value is -3.62. The van der Waals surface area contributed by atoms with Gasteiger partial charge < -0.3 is 112 Å². The Kier molecular flexibility index (Phi) is 47.1. The van der Waals surface area contributed by atoms with E-state index in [-0.39, 0.29) is 135 Å². The third kappa shape index (κ3) is 30.0. The van der Waals surface area contributed by atoms with Crippen LogP contribution in [0, 0.1) is 0 Å². The molecule has 0 unspecified atom stereocenters. The van der Waals surface area contributed by atoms with Crippen molar-refractivity contribution < 1.29 is 156 Å². The van der Waals surface area contributed by atoms with Crippen molar-refractivity contribution in [2.24, 2.45) is 0 Å². The minimum absolute atomic E-state index is 0. The maximum absolute atomic E-state index is 10.1. The zero-order valence-corrected chi connectivity index (χ0v) is 34.5. The molecular weight excluding hydrogens is 943 g/mol. The summed E-state index contributed by atoms with van der Waals surface area (Å²) < 4.78 is 0. The van der Waals surface area contributed by atoms with Gasteiger partial charge >= 0.3 is 44.8 Å². The van der Waals surface area contributed by atoms with E-state index in [9.17, 15) is 49.5 Å². The Bertz CT molecular complexity index is 1340. The minimum Gasteiger partial charge on any atom is -1.00 e. The van der Waals surface area contributed by atoms with E-state index in [1.807, 2.05) is 0 Å². The molecule has 0 atom stereocenters. The second-order valence-electron chi connectivity index (χ2n) is 8.27. The molecule has 5 aromatic carbocycles. The summed E-state index contributed by atoms with van der Waals surface area (Å²) in [5, 5.41) is 50.4. The molecule has 0 aliphatic heterocycles. The van der Waals surface area contributed by atoms with Crippen LogP contribution < -0.4 is 87.6 Å². The summed E-state index contributed by atoms with van der Waals surface area (Å²) in [4.78, 5) is 50.4. The second-order valence-corrected chi connectivity index (χ2v) is 8.27. The molecule has 0 bridgehead atoms. The summed E-state index contributed by atoms with van der Waals surface area (Å²) in [6.45, 7) is 0. The Labute approximate surface area is 362 Å². The number of carboxylic acid groups (broad SMARTS) is 5. The van der Waals surface area contributed by atoms with E-state index < -0.39 is 29.8 Å². The Morgan fingerprint density at radius 2 is 0.346 bits per heavy atom. The summed E-state index contributed by atoms with van der Waals surface area (Å²) in [5.41, 5.74) is 1.10. The van der Waals surface area contributed by atoms with Crippen LogP contribution in [0.4, 0.5) is 0 Å². The van der Waals surface area contributed by atoms with Gasteiger partial charge in [0.2, 0.25) is 0 Å². The number of hydrogen-bond donors (Lipinski definition) is 0. The molecule has 0 fully saturated rings. The molecule has 0 heterocycles. The van der Waals surface area contributed by atoms with Crippen LogP contribution in [0.1, 0.15) is 51.8 Å².